The van der Waals surface area contributed by atoms with E-state index in [4.69, 9.17) is 11.6 Å². The van der Waals surface area contributed by atoms with Crippen LogP contribution in [-0.2, 0) is 0 Å². The van der Waals surface area contributed by atoms with Gasteiger partial charge in [-0.25, -0.2) is 0 Å². The summed E-state index contributed by atoms with van der Waals surface area (Å²) in [6.45, 7) is 2.89. The van der Waals surface area contributed by atoms with Gasteiger partial charge in [0.05, 0.1) is 10.7 Å². The molecule has 0 amide bonds. The fourth-order valence-electron chi connectivity index (χ4n) is 1.09. The molecule has 1 aromatic rings. The van der Waals surface area contributed by atoms with Crippen LogP contribution in [0.3, 0.4) is 0 Å². The van der Waals surface area contributed by atoms with E-state index >= 15 is 0 Å². The van der Waals surface area contributed by atoms with Gasteiger partial charge in [-0.1, -0.05) is 23.7 Å². The van der Waals surface area contributed by atoms with Gasteiger partial charge in [0, 0.05) is 19.2 Å². The summed E-state index contributed by atoms with van der Waals surface area (Å²) in [5.74, 6) is 0. The van der Waals surface area contributed by atoms with Gasteiger partial charge < -0.3 is 4.90 Å². The predicted octanol–water partition coefficient (Wildman–Crippen LogP) is 2.61. The molecule has 3 heteroatoms. The van der Waals surface area contributed by atoms with E-state index in [1.807, 2.05) is 31.0 Å². The summed E-state index contributed by atoms with van der Waals surface area (Å²) in [5.41, 5.74) is 1.44. The number of halogens is 1. The molecule has 0 unspecified atom stereocenters. The Balaban J connectivity index is 3.15. The number of rotatable bonds is 3. The number of nitrogens with zero attached hydrogens (tertiary/aromatic N) is 1. The van der Waals surface area contributed by atoms with Crippen molar-refractivity contribution in [3.05, 3.63) is 28.8 Å². The molecular weight excluding hydrogens is 186 g/mol. The first-order valence-electron chi connectivity index (χ1n) is 4.15. The Morgan fingerprint density at radius 2 is 2.23 bits per heavy atom. The molecule has 0 saturated heterocycles. The van der Waals surface area contributed by atoms with Gasteiger partial charge in [-0.2, -0.15) is 0 Å². The number of hydrogen-bond donors (Lipinski definition) is 0. The number of hydrogen-bond acceptors (Lipinski definition) is 2. The van der Waals surface area contributed by atoms with E-state index in [1.165, 1.54) is 0 Å². The molecule has 0 aliphatic carbocycles. The maximum Gasteiger partial charge on any atom is 0.151 e. The zero-order chi connectivity index (χ0) is 9.84. The SMILES string of the molecule is CCN(C)c1cccc(C=O)c1Cl. The lowest BCUT2D eigenvalue weighted by molar-refractivity contribution is 0.112. The van der Waals surface area contributed by atoms with Crippen molar-refractivity contribution >= 4 is 23.6 Å². The zero-order valence-corrected chi connectivity index (χ0v) is 8.51. The molecule has 0 spiro atoms. The van der Waals surface area contributed by atoms with Crippen LogP contribution in [0.25, 0.3) is 0 Å². The van der Waals surface area contributed by atoms with Crippen LogP contribution in [0.15, 0.2) is 18.2 Å². The van der Waals surface area contributed by atoms with Crippen molar-refractivity contribution in [1.82, 2.24) is 0 Å². The average molecular weight is 198 g/mol. The summed E-state index contributed by atoms with van der Waals surface area (Å²) < 4.78 is 0. The average Bonchev–Trinajstić information content (AvgIpc) is 2.17. The molecule has 0 aliphatic heterocycles. The first-order chi connectivity index (χ1) is 6.20. The monoisotopic (exact) mass is 197 g/mol. The van der Waals surface area contributed by atoms with Crippen LogP contribution in [0, 0.1) is 0 Å². The Morgan fingerprint density at radius 1 is 1.54 bits per heavy atom. The van der Waals surface area contributed by atoms with Crippen LogP contribution < -0.4 is 4.90 Å². The lowest BCUT2D eigenvalue weighted by Gasteiger charge is -2.18. The number of benzene rings is 1. The minimum absolute atomic E-state index is 0.529. The lowest BCUT2D eigenvalue weighted by atomic mass is 10.2. The third-order valence-electron chi connectivity index (χ3n) is 2.02. The molecule has 13 heavy (non-hydrogen) atoms. The van der Waals surface area contributed by atoms with E-state index in [0.29, 0.717) is 10.6 Å². The lowest BCUT2D eigenvalue weighted by Crippen LogP contribution is -2.16. The van der Waals surface area contributed by atoms with Crippen LogP contribution in [0.5, 0.6) is 0 Å². The molecule has 0 aromatic heterocycles. The molecule has 2 nitrogen and oxygen atoms in total. The van der Waals surface area contributed by atoms with Crippen LogP contribution in [0.4, 0.5) is 5.69 Å². The van der Waals surface area contributed by atoms with Crippen LogP contribution >= 0.6 is 11.6 Å². The van der Waals surface area contributed by atoms with Crippen molar-refractivity contribution in [3.63, 3.8) is 0 Å². The second-order valence-corrected chi connectivity index (χ2v) is 3.19. The van der Waals surface area contributed by atoms with Gasteiger partial charge in [0.15, 0.2) is 6.29 Å². The van der Waals surface area contributed by atoms with Gasteiger partial charge in [-0.15, -0.1) is 0 Å². The zero-order valence-electron chi connectivity index (χ0n) is 7.75. The van der Waals surface area contributed by atoms with Gasteiger partial charge in [0.1, 0.15) is 0 Å². The van der Waals surface area contributed by atoms with Crippen molar-refractivity contribution in [3.8, 4) is 0 Å². The van der Waals surface area contributed by atoms with E-state index in [2.05, 4.69) is 0 Å². The number of anilines is 1. The molecule has 0 fully saturated rings. The Hall–Kier alpha value is -1.02. The standard InChI is InChI=1S/C10H12ClNO/c1-3-12(2)9-6-4-5-8(7-13)10(9)11/h4-7H,3H2,1-2H3. The van der Waals surface area contributed by atoms with Crippen LogP contribution in [-0.4, -0.2) is 19.9 Å². The summed E-state index contributed by atoms with van der Waals surface area (Å²) in [6, 6.07) is 5.44. The first kappa shape index (κ1) is 10.1. The van der Waals surface area contributed by atoms with Crippen LogP contribution in [0.2, 0.25) is 5.02 Å². The van der Waals surface area contributed by atoms with Crippen molar-refractivity contribution in [2.45, 2.75) is 6.92 Å². The third-order valence-corrected chi connectivity index (χ3v) is 2.43. The van der Waals surface area contributed by atoms with Gasteiger partial charge in [0.2, 0.25) is 0 Å². The van der Waals surface area contributed by atoms with Gasteiger partial charge >= 0.3 is 0 Å². The molecule has 0 heterocycles. The van der Waals surface area contributed by atoms with E-state index < -0.39 is 0 Å². The van der Waals surface area contributed by atoms with E-state index in [1.54, 1.807) is 6.07 Å². The van der Waals surface area contributed by atoms with Crippen molar-refractivity contribution < 1.29 is 4.79 Å². The second kappa shape index (κ2) is 4.28. The highest BCUT2D eigenvalue weighted by atomic mass is 35.5. The summed E-state index contributed by atoms with van der Waals surface area (Å²) >= 11 is 6.01. The van der Waals surface area contributed by atoms with Gasteiger partial charge in [0.25, 0.3) is 0 Å². The first-order valence-corrected chi connectivity index (χ1v) is 4.53. The fourth-order valence-corrected chi connectivity index (χ4v) is 1.41. The topological polar surface area (TPSA) is 20.3 Å². The summed E-state index contributed by atoms with van der Waals surface area (Å²) in [5, 5.41) is 0.529. The molecule has 0 N–H and O–H groups in total. The molecule has 0 aliphatic rings. The summed E-state index contributed by atoms with van der Waals surface area (Å²) in [6.07, 6.45) is 0.773. The number of carbonyl (C=O) groups is 1. The highest BCUT2D eigenvalue weighted by Crippen LogP contribution is 2.27. The Morgan fingerprint density at radius 3 is 2.77 bits per heavy atom. The van der Waals surface area contributed by atoms with Crippen molar-refractivity contribution in [2.24, 2.45) is 0 Å². The smallest absolute Gasteiger partial charge is 0.151 e. The quantitative estimate of drug-likeness (QED) is 0.695. The molecule has 0 saturated carbocycles. The van der Waals surface area contributed by atoms with E-state index in [0.717, 1.165) is 18.5 Å². The molecule has 0 atom stereocenters. The second-order valence-electron chi connectivity index (χ2n) is 2.81. The fraction of sp³-hybridized carbons (Fsp3) is 0.300. The Bertz CT molecular complexity index is 312. The van der Waals surface area contributed by atoms with Gasteiger partial charge in [-0.05, 0) is 13.0 Å². The molecule has 1 rings (SSSR count). The van der Waals surface area contributed by atoms with E-state index in [9.17, 15) is 4.79 Å². The predicted molar refractivity (Wildman–Crippen MR) is 55.8 cm³/mol. The van der Waals surface area contributed by atoms with E-state index in [-0.39, 0.29) is 0 Å². The molecule has 0 bridgehead atoms. The van der Waals surface area contributed by atoms with Gasteiger partial charge in [-0.3, -0.25) is 4.79 Å². The molecular formula is C10H12ClNO. The Labute approximate surface area is 83.1 Å². The van der Waals surface area contributed by atoms with Crippen molar-refractivity contribution in [1.29, 1.82) is 0 Å². The highest BCUT2D eigenvalue weighted by molar-refractivity contribution is 6.35. The number of aldehydes is 1. The summed E-state index contributed by atoms with van der Waals surface area (Å²) in [4.78, 5) is 12.6. The van der Waals surface area contributed by atoms with Crippen LogP contribution in [0.1, 0.15) is 17.3 Å². The largest absolute Gasteiger partial charge is 0.374 e. The summed E-state index contributed by atoms with van der Waals surface area (Å²) in [7, 11) is 1.94. The minimum atomic E-state index is 0.529. The molecule has 0 radical (unpaired) electrons. The van der Waals surface area contributed by atoms with Crippen molar-refractivity contribution in [2.75, 3.05) is 18.5 Å². The maximum absolute atomic E-state index is 10.6. The third kappa shape index (κ3) is 2.01. The number of carbonyl (C=O) groups excluding carboxylic acids is 1. The minimum Gasteiger partial charge on any atom is -0.374 e. The molecule has 70 valence electrons. The Kier molecular flexibility index (Phi) is 3.32. The highest BCUT2D eigenvalue weighted by Gasteiger charge is 2.07. The molecule has 1 aromatic carbocycles. The normalized spacial score (nSPS) is 9.77. The maximum atomic E-state index is 10.6.